The van der Waals surface area contributed by atoms with E-state index in [4.69, 9.17) is 9.40 Å². The molecule has 5 rings (SSSR count). The fraction of sp³-hybridized carbons (Fsp3) is 0.435. The topological polar surface area (TPSA) is 80.0 Å². The Kier molecular flexibility index (Phi) is 4.81. The average Bonchev–Trinajstić information content (AvgIpc) is 3.49. The molecule has 30 heavy (non-hydrogen) atoms. The summed E-state index contributed by atoms with van der Waals surface area (Å²) in [5, 5.41) is 1.10. The smallest absolute Gasteiger partial charge is 0.222 e. The van der Waals surface area contributed by atoms with Crippen LogP contribution in [-0.4, -0.2) is 44.4 Å². The van der Waals surface area contributed by atoms with E-state index in [1.165, 1.54) is 19.3 Å². The maximum absolute atomic E-state index is 11.9. The summed E-state index contributed by atoms with van der Waals surface area (Å²) < 4.78 is 8.55. The van der Waals surface area contributed by atoms with Gasteiger partial charge in [-0.25, -0.2) is 9.97 Å². The standard InChI is InChI=1S/C23H27N5O2/c1-27(2)20(29)11-9-16-8-10-19(30-16)23-26-18-14-25-22-17(12-13-24-22)21(18)28(23)15-6-4-3-5-7-15/h8,10,12-15H,3-7,9,11H2,1-2H3,(H,24,25). The lowest BCUT2D eigenvalue weighted by atomic mass is 9.95. The van der Waals surface area contributed by atoms with Gasteiger partial charge >= 0.3 is 0 Å². The van der Waals surface area contributed by atoms with Crippen molar-refractivity contribution in [3.8, 4) is 11.6 Å². The van der Waals surface area contributed by atoms with Crippen molar-refractivity contribution < 1.29 is 9.21 Å². The molecule has 1 fully saturated rings. The van der Waals surface area contributed by atoms with E-state index in [9.17, 15) is 4.79 Å². The van der Waals surface area contributed by atoms with Crippen molar-refractivity contribution in [1.29, 1.82) is 0 Å². The van der Waals surface area contributed by atoms with Gasteiger partial charge in [-0.05, 0) is 31.0 Å². The average molecular weight is 406 g/mol. The first kappa shape index (κ1) is 18.9. The maximum atomic E-state index is 11.9. The second-order valence-corrected chi connectivity index (χ2v) is 8.38. The van der Waals surface area contributed by atoms with Gasteiger partial charge in [-0.1, -0.05) is 19.3 Å². The number of fused-ring (bicyclic) bond motifs is 3. The normalized spacial score (nSPS) is 15.3. The molecular weight excluding hydrogens is 378 g/mol. The van der Waals surface area contributed by atoms with Gasteiger partial charge in [0.2, 0.25) is 5.91 Å². The molecule has 0 aromatic carbocycles. The molecule has 1 aliphatic carbocycles. The third kappa shape index (κ3) is 3.28. The zero-order chi connectivity index (χ0) is 20.7. The first-order valence-corrected chi connectivity index (χ1v) is 10.7. The van der Waals surface area contributed by atoms with E-state index in [1.54, 1.807) is 19.0 Å². The zero-order valence-electron chi connectivity index (χ0n) is 17.5. The minimum absolute atomic E-state index is 0.100. The number of pyridine rings is 1. The molecule has 1 amide bonds. The summed E-state index contributed by atoms with van der Waals surface area (Å²) in [5.74, 6) is 2.53. The molecule has 0 bridgehead atoms. The van der Waals surface area contributed by atoms with Crippen LogP contribution >= 0.6 is 0 Å². The zero-order valence-corrected chi connectivity index (χ0v) is 17.5. The van der Waals surface area contributed by atoms with Crippen molar-refractivity contribution in [3.63, 3.8) is 0 Å². The predicted octanol–water partition coefficient (Wildman–Crippen LogP) is 4.70. The molecule has 7 heteroatoms. The SMILES string of the molecule is CN(C)C(=O)CCc1ccc(-c2nc3cnc4[nH]ccc4c3n2C2CCCCC2)o1. The van der Waals surface area contributed by atoms with Crippen LogP contribution in [0.5, 0.6) is 0 Å². The number of carbonyl (C=O) groups is 1. The number of carbonyl (C=O) groups excluding carboxylic acids is 1. The lowest BCUT2D eigenvalue weighted by Gasteiger charge is -2.25. The van der Waals surface area contributed by atoms with E-state index in [0.29, 0.717) is 18.9 Å². The lowest BCUT2D eigenvalue weighted by molar-refractivity contribution is -0.128. The number of hydrogen-bond acceptors (Lipinski definition) is 4. The van der Waals surface area contributed by atoms with Gasteiger partial charge in [-0.3, -0.25) is 4.79 Å². The van der Waals surface area contributed by atoms with E-state index in [2.05, 4.69) is 20.6 Å². The van der Waals surface area contributed by atoms with Gasteiger partial charge in [0, 0.05) is 44.6 Å². The van der Waals surface area contributed by atoms with E-state index in [1.807, 2.05) is 24.5 Å². The molecule has 156 valence electrons. The molecule has 0 atom stereocenters. The molecule has 1 N–H and O–H groups in total. The Labute approximate surface area is 175 Å². The van der Waals surface area contributed by atoms with Crippen molar-refractivity contribution in [2.45, 2.75) is 51.0 Å². The Morgan fingerprint density at radius 1 is 1.23 bits per heavy atom. The number of imidazole rings is 1. The van der Waals surface area contributed by atoms with Gasteiger partial charge in [0.15, 0.2) is 11.6 Å². The fourth-order valence-corrected chi connectivity index (χ4v) is 4.55. The Bertz CT molecular complexity index is 1190. The van der Waals surface area contributed by atoms with Gasteiger partial charge in [0.1, 0.15) is 16.9 Å². The summed E-state index contributed by atoms with van der Waals surface area (Å²) in [6, 6.07) is 6.43. The summed E-state index contributed by atoms with van der Waals surface area (Å²) in [6.07, 6.45) is 10.9. The summed E-state index contributed by atoms with van der Waals surface area (Å²) in [5.41, 5.74) is 2.90. The summed E-state index contributed by atoms with van der Waals surface area (Å²) >= 11 is 0. The minimum atomic E-state index is 0.100. The number of H-pyrrole nitrogens is 1. The molecule has 4 heterocycles. The van der Waals surface area contributed by atoms with Crippen molar-refractivity contribution in [3.05, 3.63) is 36.4 Å². The highest BCUT2D eigenvalue weighted by atomic mass is 16.3. The van der Waals surface area contributed by atoms with Crippen LogP contribution in [0, 0.1) is 0 Å². The molecule has 4 aromatic heterocycles. The van der Waals surface area contributed by atoms with Gasteiger partial charge < -0.3 is 18.9 Å². The molecule has 7 nitrogen and oxygen atoms in total. The summed E-state index contributed by atoms with van der Waals surface area (Å²) in [7, 11) is 3.55. The molecular formula is C23H27N5O2. The molecule has 0 radical (unpaired) electrons. The van der Waals surface area contributed by atoms with Crippen LogP contribution in [0.4, 0.5) is 0 Å². The van der Waals surface area contributed by atoms with Crippen molar-refractivity contribution in [2.24, 2.45) is 0 Å². The molecule has 1 saturated carbocycles. The minimum Gasteiger partial charge on any atom is -0.458 e. The number of aromatic nitrogens is 4. The first-order chi connectivity index (χ1) is 14.6. The first-order valence-electron chi connectivity index (χ1n) is 10.7. The second-order valence-electron chi connectivity index (χ2n) is 8.38. The molecule has 1 aliphatic rings. The van der Waals surface area contributed by atoms with Crippen LogP contribution < -0.4 is 0 Å². The van der Waals surface area contributed by atoms with E-state index < -0.39 is 0 Å². The van der Waals surface area contributed by atoms with Crippen molar-refractivity contribution >= 4 is 28.0 Å². The quantitative estimate of drug-likeness (QED) is 0.522. The van der Waals surface area contributed by atoms with E-state index in [-0.39, 0.29) is 5.91 Å². The van der Waals surface area contributed by atoms with Gasteiger partial charge in [0.25, 0.3) is 0 Å². The Hall–Kier alpha value is -3.09. The number of hydrogen-bond donors (Lipinski definition) is 1. The summed E-state index contributed by atoms with van der Waals surface area (Å²) in [4.78, 5) is 26.2. The van der Waals surface area contributed by atoms with E-state index in [0.717, 1.165) is 52.3 Å². The predicted molar refractivity (Wildman–Crippen MR) is 116 cm³/mol. The van der Waals surface area contributed by atoms with Gasteiger partial charge in [-0.15, -0.1) is 0 Å². The summed E-state index contributed by atoms with van der Waals surface area (Å²) in [6.45, 7) is 0. The van der Waals surface area contributed by atoms with Crippen LogP contribution in [0.25, 0.3) is 33.7 Å². The van der Waals surface area contributed by atoms with Crippen LogP contribution in [0.1, 0.15) is 50.3 Å². The Morgan fingerprint density at radius 2 is 2.07 bits per heavy atom. The molecule has 0 aliphatic heterocycles. The molecule has 4 aromatic rings. The fourth-order valence-electron chi connectivity index (χ4n) is 4.55. The number of furan rings is 1. The largest absolute Gasteiger partial charge is 0.458 e. The number of aromatic amines is 1. The van der Waals surface area contributed by atoms with Crippen LogP contribution in [-0.2, 0) is 11.2 Å². The van der Waals surface area contributed by atoms with E-state index >= 15 is 0 Å². The highest BCUT2D eigenvalue weighted by Gasteiger charge is 2.25. The molecule has 0 unspecified atom stereocenters. The van der Waals surface area contributed by atoms with Crippen LogP contribution in [0.15, 0.2) is 35.0 Å². The number of amides is 1. The Morgan fingerprint density at radius 3 is 2.87 bits per heavy atom. The number of rotatable bonds is 5. The Balaban J connectivity index is 1.58. The van der Waals surface area contributed by atoms with Crippen LogP contribution in [0.2, 0.25) is 0 Å². The second kappa shape index (κ2) is 7.63. The van der Waals surface area contributed by atoms with Crippen molar-refractivity contribution in [2.75, 3.05) is 14.1 Å². The number of nitrogens with zero attached hydrogens (tertiary/aromatic N) is 4. The molecule has 0 saturated heterocycles. The van der Waals surface area contributed by atoms with Gasteiger partial charge in [0.05, 0.1) is 11.7 Å². The monoisotopic (exact) mass is 405 g/mol. The molecule has 0 spiro atoms. The number of aryl methyl sites for hydroxylation is 1. The third-order valence-corrected chi connectivity index (χ3v) is 6.14. The highest BCUT2D eigenvalue weighted by molar-refractivity contribution is 6.02. The number of nitrogens with one attached hydrogen (secondary N) is 1. The highest BCUT2D eigenvalue weighted by Crippen LogP contribution is 2.38. The lowest BCUT2D eigenvalue weighted by Crippen LogP contribution is -2.21. The van der Waals surface area contributed by atoms with Crippen LogP contribution in [0.3, 0.4) is 0 Å². The van der Waals surface area contributed by atoms with Gasteiger partial charge in [-0.2, -0.15) is 0 Å². The van der Waals surface area contributed by atoms with Crippen molar-refractivity contribution in [1.82, 2.24) is 24.4 Å². The third-order valence-electron chi connectivity index (χ3n) is 6.14. The maximum Gasteiger partial charge on any atom is 0.222 e.